The molecule has 0 bridgehead atoms. The summed E-state index contributed by atoms with van der Waals surface area (Å²) in [6.45, 7) is 0.582. The first-order chi connectivity index (χ1) is 13.8. The molecule has 4 nitrogen and oxygen atoms in total. The maximum Gasteiger partial charge on any atom is 0.181 e. The lowest BCUT2D eigenvalue weighted by molar-refractivity contribution is 0.627. The molecule has 0 spiro atoms. The van der Waals surface area contributed by atoms with Crippen molar-refractivity contribution in [3.05, 3.63) is 70.5 Å². The van der Waals surface area contributed by atoms with E-state index in [0.29, 0.717) is 12.4 Å². The molecule has 1 aromatic carbocycles. The number of hydrogen-bond donors (Lipinski definition) is 1. The number of halogens is 1. The second kappa shape index (κ2) is 7.28. The molecule has 5 rings (SSSR count). The number of pyridine rings is 1. The van der Waals surface area contributed by atoms with Crippen molar-refractivity contribution >= 4 is 27.4 Å². The molecule has 0 saturated carbocycles. The van der Waals surface area contributed by atoms with E-state index in [1.54, 1.807) is 29.7 Å². The summed E-state index contributed by atoms with van der Waals surface area (Å²) in [6, 6.07) is 12.3. The topological polar surface area (TPSA) is 50.7 Å². The van der Waals surface area contributed by atoms with E-state index in [0.717, 1.165) is 40.1 Å². The Balaban J connectivity index is 1.59. The molecular formula is C22H19FN4S. The second-order valence-electron chi connectivity index (χ2n) is 6.98. The maximum absolute atomic E-state index is 13.2. The zero-order valence-corrected chi connectivity index (χ0v) is 16.1. The SMILES string of the molecule is Fc1ccc(CNc2nc(-c3ccccn3)nc3sc4c(c23)CCCC4)cc1. The van der Waals surface area contributed by atoms with Gasteiger partial charge in [0, 0.05) is 17.6 Å². The predicted molar refractivity (Wildman–Crippen MR) is 111 cm³/mol. The van der Waals surface area contributed by atoms with Gasteiger partial charge in [-0.15, -0.1) is 11.3 Å². The van der Waals surface area contributed by atoms with E-state index in [4.69, 9.17) is 9.97 Å². The van der Waals surface area contributed by atoms with Gasteiger partial charge in [-0.2, -0.15) is 0 Å². The molecule has 1 N–H and O–H groups in total. The first-order valence-corrected chi connectivity index (χ1v) is 10.3. The molecule has 1 aliphatic rings. The quantitative estimate of drug-likeness (QED) is 0.508. The molecule has 3 heterocycles. The van der Waals surface area contributed by atoms with E-state index in [-0.39, 0.29) is 5.82 Å². The summed E-state index contributed by atoms with van der Waals surface area (Å²) < 4.78 is 13.2. The minimum Gasteiger partial charge on any atom is -0.365 e. The molecule has 28 heavy (non-hydrogen) atoms. The van der Waals surface area contributed by atoms with Crippen LogP contribution in [0.4, 0.5) is 10.2 Å². The van der Waals surface area contributed by atoms with Gasteiger partial charge in [0.25, 0.3) is 0 Å². The Labute approximate surface area is 166 Å². The smallest absolute Gasteiger partial charge is 0.181 e. The molecule has 0 unspecified atom stereocenters. The lowest BCUT2D eigenvalue weighted by Crippen LogP contribution is -2.06. The summed E-state index contributed by atoms with van der Waals surface area (Å²) in [5.74, 6) is 1.25. The van der Waals surface area contributed by atoms with Crippen LogP contribution in [0.25, 0.3) is 21.7 Å². The normalized spacial score (nSPS) is 13.5. The fraction of sp³-hybridized carbons (Fsp3) is 0.227. The van der Waals surface area contributed by atoms with Gasteiger partial charge >= 0.3 is 0 Å². The first-order valence-electron chi connectivity index (χ1n) is 9.50. The Bertz CT molecular complexity index is 1120. The van der Waals surface area contributed by atoms with Crippen LogP contribution in [0.5, 0.6) is 0 Å². The summed E-state index contributed by atoms with van der Waals surface area (Å²) in [6.07, 6.45) is 6.39. The zero-order chi connectivity index (χ0) is 18.9. The number of aryl methyl sites for hydroxylation is 2. The monoisotopic (exact) mass is 390 g/mol. The van der Waals surface area contributed by atoms with Gasteiger partial charge in [-0.1, -0.05) is 18.2 Å². The largest absolute Gasteiger partial charge is 0.365 e. The highest BCUT2D eigenvalue weighted by molar-refractivity contribution is 7.19. The van der Waals surface area contributed by atoms with Crippen molar-refractivity contribution in [3.8, 4) is 11.5 Å². The van der Waals surface area contributed by atoms with Gasteiger partial charge in [-0.05, 0) is 61.1 Å². The summed E-state index contributed by atoms with van der Waals surface area (Å²) in [5.41, 5.74) is 3.16. The van der Waals surface area contributed by atoms with E-state index in [2.05, 4.69) is 10.3 Å². The average molecular weight is 390 g/mol. The molecule has 0 fully saturated rings. The number of rotatable bonds is 4. The van der Waals surface area contributed by atoms with Gasteiger partial charge in [0.2, 0.25) is 0 Å². The molecule has 0 saturated heterocycles. The van der Waals surface area contributed by atoms with Crippen molar-refractivity contribution < 1.29 is 4.39 Å². The van der Waals surface area contributed by atoms with Crippen LogP contribution in [0.2, 0.25) is 0 Å². The van der Waals surface area contributed by atoms with Crippen molar-refractivity contribution in [1.82, 2.24) is 15.0 Å². The Morgan fingerprint density at radius 1 is 1.00 bits per heavy atom. The molecule has 0 radical (unpaired) electrons. The number of hydrogen-bond acceptors (Lipinski definition) is 5. The summed E-state index contributed by atoms with van der Waals surface area (Å²) in [4.78, 5) is 16.5. The van der Waals surface area contributed by atoms with Crippen LogP contribution < -0.4 is 5.32 Å². The Morgan fingerprint density at radius 3 is 2.68 bits per heavy atom. The van der Waals surface area contributed by atoms with Crippen LogP contribution in [0.15, 0.2) is 48.7 Å². The van der Waals surface area contributed by atoms with E-state index < -0.39 is 0 Å². The average Bonchev–Trinajstić information content (AvgIpc) is 3.12. The fourth-order valence-electron chi connectivity index (χ4n) is 3.68. The van der Waals surface area contributed by atoms with Crippen LogP contribution in [-0.4, -0.2) is 15.0 Å². The lowest BCUT2D eigenvalue weighted by atomic mass is 9.97. The van der Waals surface area contributed by atoms with E-state index in [1.165, 1.54) is 35.4 Å². The van der Waals surface area contributed by atoms with E-state index >= 15 is 0 Å². The highest BCUT2D eigenvalue weighted by Crippen LogP contribution is 2.39. The van der Waals surface area contributed by atoms with Crippen LogP contribution in [0.3, 0.4) is 0 Å². The van der Waals surface area contributed by atoms with E-state index in [9.17, 15) is 4.39 Å². The number of thiophene rings is 1. The van der Waals surface area contributed by atoms with Gasteiger partial charge in [-0.25, -0.2) is 14.4 Å². The highest BCUT2D eigenvalue weighted by atomic mass is 32.1. The van der Waals surface area contributed by atoms with Gasteiger partial charge in [0.1, 0.15) is 22.2 Å². The van der Waals surface area contributed by atoms with Crippen molar-refractivity contribution in [2.24, 2.45) is 0 Å². The summed E-state index contributed by atoms with van der Waals surface area (Å²) in [7, 11) is 0. The third kappa shape index (κ3) is 3.24. The third-order valence-electron chi connectivity index (χ3n) is 5.08. The third-order valence-corrected chi connectivity index (χ3v) is 6.27. The van der Waals surface area contributed by atoms with Crippen LogP contribution in [0.1, 0.15) is 28.8 Å². The Kier molecular flexibility index (Phi) is 4.49. The van der Waals surface area contributed by atoms with Crippen LogP contribution in [-0.2, 0) is 19.4 Å². The zero-order valence-electron chi connectivity index (χ0n) is 15.3. The fourth-order valence-corrected chi connectivity index (χ4v) is 4.94. The van der Waals surface area contributed by atoms with Gasteiger partial charge in [0.05, 0.1) is 5.39 Å². The molecule has 1 aliphatic carbocycles. The molecule has 4 aromatic rings. The molecular weight excluding hydrogens is 371 g/mol. The first kappa shape index (κ1) is 17.3. The highest BCUT2D eigenvalue weighted by Gasteiger charge is 2.21. The molecule has 0 atom stereocenters. The van der Waals surface area contributed by atoms with E-state index in [1.807, 2.05) is 18.2 Å². The van der Waals surface area contributed by atoms with Crippen molar-refractivity contribution in [1.29, 1.82) is 0 Å². The van der Waals surface area contributed by atoms with Crippen molar-refractivity contribution in [2.75, 3.05) is 5.32 Å². The second-order valence-corrected chi connectivity index (χ2v) is 8.07. The summed E-state index contributed by atoms with van der Waals surface area (Å²) >= 11 is 1.78. The molecule has 140 valence electrons. The Hall–Kier alpha value is -2.86. The number of nitrogens with one attached hydrogen (secondary N) is 1. The van der Waals surface area contributed by atoms with Crippen molar-refractivity contribution in [3.63, 3.8) is 0 Å². The minimum absolute atomic E-state index is 0.225. The molecule has 6 heteroatoms. The minimum atomic E-state index is -0.225. The molecule has 3 aromatic heterocycles. The molecule has 0 amide bonds. The summed E-state index contributed by atoms with van der Waals surface area (Å²) in [5, 5.41) is 4.62. The van der Waals surface area contributed by atoms with Gasteiger partial charge in [0.15, 0.2) is 5.82 Å². The predicted octanol–water partition coefficient (Wildman–Crippen LogP) is 5.38. The van der Waals surface area contributed by atoms with Gasteiger partial charge in [-0.3, -0.25) is 4.98 Å². The Morgan fingerprint density at radius 2 is 1.86 bits per heavy atom. The van der Waals surface area contributed by atoms with Crippen LogP contribution in [0, 0.1) is 5.82 Å². The maximum atomic E-state index is 13.2. The molecule has 0 aliphatic heterocycles. The van der Waals surface area contributed by atoms with Crippen molar-refractivity contribution in [2.45, 2.75) is 32.2 Å². The number of fused-ring (bicyclic) bond motifs is 3. The standard InChI is InChI=1S/C22H19FN4S/c23-15-10-8-14(9-11-15)13-25-21-19-16-5-1-2-7-18(16)28-22(19)27-20(26-21)17-6-3-4-12-24-17/h3-4,6,8-12H,1-2,5,7,13H2,(H,25,26,27). The number of anilines is 1. The lowest BCUT2D eigenvalue weighted by Gasteiger charge is -2.13. The number of nitrogens with zero attached hydrogens (tertiary/aromatic N) is 3. The number of benzene rings is 1. The number of aromatic nitrogens is 3. The van der Waals surface area contributed by atoms with Crippen LogP contribution >= 0.6 is 11.3 Å². The van der Waals surface area contributed by atoms with Gasteiger partial charge < -0.3 is 5.32 Å².